The van der Waals surface area contributed by atoms with Crippen LogP contribution in [0.5, 0.6) is 23.1 Å². The summed E-state index contributed by atoms with van der Waals surface area (Å²) in [6.45, 7) is 2.22. The van der Waals surface area contributed by atoms with E-state index in [0.29, 0.717) is 23.1 Å². The van der Waals surface area contributed by atoms with Crippen molar-refractivity contribution in [3.8, 4) is 23.1 Å². The first-order chi connectivity index (χ1) is 16.2. The zero-order chi connectivity index (χ0) is 22.4. The van der Waals surface area contributed by atoms with Crippen LogP contribution in [-0.2, 0) is 6.61 Å². The molecule has 1 N–H and O–H groups in total. The number of ether oxygens (including phenoxy) is 2. The second kappa shape index (κ2) is 7.59. The predicted octanol–water partition coefficient (Wildman–Crippen LogP) is 4.40. The van der Waals surface area contributed by atoms with E-state index < -0.39 is 0 Å². The van der Waals surface area contributed by atoms with Crippen molar-refractivity contribution in [3.05, 3.63) is 101 Å². The van der Waals surface area contributed by atoms with Gasteiger partial charge < -0.3 is 14.6 Å². The summed E-state index contributed by atoms with van der Waals surface area (Å²) in [5.74, 6) is 2.20. The molecule has 8 nitrogen and oxygen atoms in total. The number of phenolic OH excluding ortho intramolecular Hbond substituents is 1. The van der Waals surface area contributed by atoms with Crippen LogP contribution in [0.1, 0.15) is 34.0 Å². The molecule has 5 aromatic rings. The van der Waals surface area contributed by atoms with Crippen LogP contribution in [0.4, 0.5) is 0 Å². The average Bonchev–Trinajstić information content (AvgIpc) is 3.26. The molecule has 0 fully saturated rings. The van der Waals surface area contributed by atoms with Crippen molar-refractivity contribution in [1.82, 2.24) is 24.6 Å². The first-order valence-corrected chi connectivity index (χ1v) is 10.5. The minimum absolute atomic E-state index is 0.126. The van der Waals surface area contributed by atoms with E-state index in [0.717, 1.165) is 28.0 Å². The van der Waals surface area contributed by atoms with Crippen LogP contribution in [0.3, 0.4) is 0 Å². The number of hydrogen-bond acceptors (Lipinski definition) is 7. The highest BCUT2D eigenvalue weighted by Gasteiger charge is 2.33. The van der Waals surface area contributed by atoms with Gasteiger partial charge in [0.05, 0.1) is 5.56 Å². The standard InChI is InChI=1S/C25H19N5O3/c1-15-5-2-3-7-19(15)32-13-21-28-24-23-22(16-6-4-10-26-12-16)18-9-8-17(31)11-20(18)33-25(23)27-14-30(24)29-21/h2-12,14,22,31H,13H2,1H3. The Morgan fingerprint density at radius 2 is 2.03 bits per heavy atom. The molecule has 0 amide bonds. The summed E-state index contributed by atoms with van der Waals surface area (Å²) in [6, 6.07) is 16.8. The van der Waals surface area contributed by atoms with Crippen molar-refractivity contribution >= 4 is 5.65 Å². The number of nitrogens with zero attached hydrogens (tertiary/aromatic N) is 5. The van der Waals surface area contributed by atoms with Crippen molar-refractivity contribution < 1.29 is 14.6 Å². The number of aromatic hydroxyl groups is 1. The molecule has 2 aromatic carbocycles. The molecule has 0 bridgehead atoms. The molecule has 1 unspecified atom stereocenters. The quantitative estimate of drug-likeness (QED) is 0.437. The first-order valence-electron chi connectivity index (χ1n) is 10.5. The van der Waals surface area contributed by atoms with Crippen molar-refractivity contribution in [1.29, 1.82) is 0 Å². The number of para-hydroxylation sites is 1. The Morgan fingerprint density at radius 1 is 1.12 bits per heavy atom. The summed E-state index contributed by atoms with van der Waals surface area (Å²) < 4.78 is 13.7. The Hall–Kier alpha value is -4.46. The highest BCUT2D eigenvalue weighted by Crippen LogP contribution is 2.48. The SMILES string of the molecule is Cc1ccccc1OCc1nc2c3c(ncn2n1)Oc1cc(O)ccc1C3c1cccnc1. The number of pyridine rings is 1. The number of fused-ring (bicyclic) bond motifs is 4. The molecule has 33 heavy (non-hydrogen) atoms. The maximum Gasteiger partial charge on any atom is 0.228 e. The topological polar surface area (TPSA) is 94.7 Å². The Labute approximate surface area is 189 Å². The summed E-state index contributed by atoms with van der Waals surface area (Å²) in [7, 11) is 0. The van der Waals surface area contributed by atoms with Crippen molar-refractivity contribution in [2.75, 3.05) is 0 Å². The molecule has 0 spiro atoms. The second-order valence-corrected chi connectivity index (χ2v) is 7.86. The van der Waals surface area contributed by atoms with Crippen molar-refractivity contribution in [2.24, 2.45) is 0 Å². The molecule has 3 aromatic heterocycles. The van der Waals surface area contributed by atoms with Crippen LogP contribution in [-0.4, -0.2) is 29.7 Å². The van der Waals surface area contributed by atoms with Crippen LogP contribution in [0.25, 0.3) is 5.65 Å². The number of hydrogen-bond donors (Lipinski definition) is 1. The van der Waals surface area contributed by atoms with E-state index in [4.69, 9.17) is 14.5 Å². The smallest absolute Gasteiger partial charge is 0.228 e. The lowest BCUT2D eigenvalue weighted by Crippen LogP contribution is -2.15. The fraction of sp³-hybridized carbons (Fsp3) is 0.120. The Bertz CT molecular complexity index is 1480. The minimum atomic E-state index is -0.233. The average molecular weight is 437 g/mol. The summed E-state index contributed by atoms with van der Waals surface area (Å²) in [6.07, 6.45) is 5.13. The highest BCUT2D eigenvalue weighted by molar-refractivity contribution is 5.66. The van der Waals surface area contributed by atoms with E-state index in [-0.39, 0.29) is 18.3 Å². The number of rotatable bonds is 4. The van der Waals surface area contributed by atoms with Crippen LogP contribution >= 0.6 is 0 Å². The van der Waals surface area contributed by atoms with E-state index in [1.807, 2.05) is 55.6 Å². The molecule has 162 valence electrons. The molecule has 6 rings (SSSR count). The van der Waals surface area contributed by atoms with E-state index in [1.165, 1.54) is 0 Å². The molecule has 0 aliphatic carbocycles. The predicted molar refractivity (Wildman–Crippen MR) is 120 cm³/mol. The van der Waals surface area contributed by atoms with E-state index >= 15 is 0 Å². The maximum absolute atomic E-state index is 9.99. The molecule has 1 aliphatic heterocycles. The van der Waals surface area contributed by atoms with Gasteiger partial charge >= 0.3 is 0 Å². The molecule has 0 radical (unpaired) electrons. The van der Waals surface area contributed by atoms with Crippen LogP contribution < -0.4 is 9.47 Å². The summed E-state index contributed by atoms with van der Waals surface area (Å²) in [5.41, 5.74) is 4.33. The van der Waals surface area contributed by atoms with Gasteiger partial charge in [0, 0.05) is 29.9 Å². The fourth-order valence-corrected chi connectivity index (χ4v) is 4.16. The molecular formula is C25H19N5O3. The fourth-order valence-electron chi connectivity index (χ4n) is 4.16. The Kier molecular flexibility index (Phi) is 4.43. The van der Waals surface area contributed by atoms with Gasteiger partial charge in [-0.05, 0) is 36.2 Å². The van der Waals surface area contributed by atoms with Crippen molar-refractivity contribution in [3.63, 3.8) is 0 Å². The molecule has 1 aliphatic rings. The zero-order valence-corrected chi connectivity index (χ0v) is 17.7. The Morgan fingerprint density at radius 3 is 2.88 bits per heavy atom. The zero-order valence-electron chi connectivity index (χ0n) is 17.7. The molecule has 1 atom stereocenters. The number of aryl methyl sites for hydroxylation is 1. The minimum Gasteiger partial charge on any atom is -0.508 e. The third-order valence-corrected chi connectivity index (χ3v) is 5.70. The van der Waals surface area contributed by atoms with Gasteiger partial charge in [0.15, 0.2) is 11.5 Å². The molecule has 4 heterocycles. The maximum atomic E-state index is 9.99. The lowest BCUT2D eigenvalue weighted by atomic mass is 9.84. The number of phenols is 1. The van der Waals surface area contributed by atoms with Crippen LogP contribution in [0, 0.1) is 6.92 Å². The normalized spacial score (nSPS) is 14.4. The lowest BCUT2D eigenvalue weighted by molar-refractivity contribution is 0.294. The number of aromatic nitrogens is 5. The summed E-state index contributed by atoms with van der Waals surface area (Å²) >= 11 is 0. The highest BCUT2D eigenvalue weighted by atomic mass is 16.5. The molecule has 8 heteroatoms. The van der Waals surface area contributed by atoms with Gasteiger partial charge in [0.1, 0.15) is 30.2 Å². The van der Waals surface area contributed by atoms with Gasteiger partial charge in [-0.25, -0.2) is 14.5 Å². The largest absolute Gasteiger partial charge is 0.508 e. The van der Waals surface area contributed by atoms with E-state index in [2.05, 4.69) is 15.1 Å². The van der Waals surface area contributed by atoms with E-state index in [9.17, 15) is 5.11 Å². The monoisotopic (exact) mass is 437 g/mol. The summed E-state index contributed by atoms with van der Waals surface area (Å²) in [5, 5.41) is 14.6. The summed E-state index contributed by atoms with van der Waals surface area (Å²) in [4.78, 5) is 13.6. The van der Waals surface area contributed by atoms with Gasteiger partial charge in [-0.15, -0.1) is 5.10 Å². The van der Waals surface area contributed by atoms with Crippen molar-refractivity contribution in [2.45, 2.75) is 19.4 Å². The van der Waals surface area contributed by atoms with Crippen LogP contribution in [0.15, 0.2) is 73.3 Å². The first kappa shape index (κ1) is 19.2. The third kappa shape index (κ3) is 3.32. The molecule has 0 saturated heterocycles. The Balaban J connectivity index is 1.46. The number of benzene rings is 2. The lowest BCUT2D eigenvalue weighted by Gasteiger charge is -2.27. The second-order valence-electron chi connectivity index (χ2n) is 7.86. The van der Waals surface area contributed by atoms with Gasteiger partial charge in [-0.2, -0.15) is 0 Å². The van der Waals surface area contributed by atoms with Gasteiger partial charge in [-0.3, -0.25) is 4.98 Å². The van der Waals surface area contributed by atoms with Gasteiger partial charge in [-0.1, -0.05) is 30.3 Å². The van der Waals surface area contributed by atoms with E-state index in [1.54, 1.807) is 29.2 Å². The van der Waals surface area contributed by atoms with Crippen LogP contribution in [0.2, 0.25) is 0 Å². The van der Waals surface area contributed by atoms with Gasteiger partial charge in [0.25, 0.3) is 0 Å². The third-order valence-electron chi connectivity index (χ3n) is 5.70. The molecule has 0 saturated carbocycles. The van der Waals surface area contributed by atoms with Gasteiger partial charge in [0.2, 0.25) is 5.88 Å². The molecular weight excluding hydrogens is 418 g/mol.